The van der Waals surface area contributed by atoms with E-state index in [-0.39, 0.29) is 17.6 Å². The third-order valence-electron chi connectivity index (χ3n) is 2.87. The molecule has 9 heteroatoms. The first-order valence-corrected chi connectivity index (χ1v) is 6.09. The molecular formula is C11H17F4N3O2. The van der Waals surface area contributed by atoms with Crippen LogP contribution in [0.1, 0.15) is 38.0 Å². The van der Waals surface area contributed by atoms with Crippen molar-refractivity contribution < 1.29 is 26.8 Å². The Hall–Kier alpha value is -1.22. The SMILES string of the molecule is CCC(C)C(N)c1nc(COCC(F)(F)C(F)F)no1. The fourth-order valence-corrected chi connectivity index (χ4v) is 1.30. The number of aromatic nitrogens is 2. The molecule has 0 bridgehead atoms. The highest BCUT2D eigenvalue weighted by Gasteiger charge is 2.41. The number of hydrogen-bond acceptors (Lipinski definition) is 5. The van der Waals surface area contributed by atoms with Crippen molar-refractivity contribution in [1.29, 1.82) is 0 Å². The van der Waals surface area contributed by atoms with Crippen molar-refractivity contribution in [3.8, 4) is 0 Å². The molecule has 0 saturated carbocycles. The van der Waals surface area contributed by atoms with Gasteiger partial charge >= 0.3 is 12.3 Å². The Balaban J connectivity index is 2.49. The lowest BCUT2D eigenvalue weighted by Gasteiger charge is -2.14. The minimum atomic E-state index is -4.19. The van der Waals surface area contributed by atoms with E-state index in [1.807, 2.05) is 13.8 Å². The van der Waals surface area contributed by atoms with Gasteiger partial charge in [-0.2, -0.15) is 13.8 Å². The predicted molar refractivity (Wildman–Crippen MR) is 61.3 cm³/mol. The fourth-order valence-electron chi connectivity index (χ4n) is 1.30. The zero-order valence-electron chi connectivity index (χ0n) is 11.2. The fraction of sp³-hybridized carbons (Fsp3) is 0.818. The molecule has 2 N–H and O–H groups in total. The van der Waals surface area contributed by atoms with Gasteiger partial charge in [0.2, 0.25) is 5.89 Å². The Morgan fingerprint density at radius 3 is 2.60 bits per heavy atom. The molecule has 0 aromatic carbocycles. The summed E-state index contributed by atoms with van der Waals surface area (Å²) in [6, 6.07) is -0.469. The van der Waals surface area contributed by atoms with E-state index in [1.54, 1.807) is 0 Å². The van der Waals surface area contributed by atoms with Crippen LogP contribution >= 0.6 is 0 Å². The molecule has 0 aliphatic rings. The van der Waals surface area contributed by atoms with Gasteiger partial charge in [-0.15, -0.1) is 0 Å². The summed E-state index contributed by atoms with van der Waals surface area (Å²) in [7, 11) is 0. The van der Waals surface area contributed by atoms with E-state index in [0.29, 0.717) is 0 Å². The van der Waals surface area contributed by atoms with Crippen LogP contribution in [-0.2, 0) is 11.3 Å². The zero-order valence-corrected chi connectivity index (χ0v) is 11.2. The van der Waals surface area contributed by atoms with Gasteiger partial charge in [0.1, 0.15) is 13.2 Å². The molecule has 1 aromatic heterocycles. The number of rotatable bonds is 8. The number of ether oxygens (including phenoxy) is 1. The Morgan fingerprint density at radius 1 is 1.40 bits per heavy atom. The minimum absolute atomic E-state index is 0.0104. The van der Waals surface area contributed by atoms with Gasteiger partial charge in [0.15, 0.2) is 5.82 Å². The van der Waals surface area contributed by atoms with Crippen LogP contribution in [0.15, 0.2) is 4.52 Å². The van der Waals surface area contributed by atoms with Crippen LogP contribution in [0.2, 0.25) is 0 Å². The van der Waals surface area contributed by atoms with Gasteiger partial charge in [0.25, 0.3) is 0 Å². The van der Waals surface area contributed by atoms with Crippen molar-refractivity contribution >= 4 is 0 Å². The van der Waals surface area contributed by atoms with E-state index in [9.17, 15) is 17.6 Å². The first-order valence-electron chi connectivity index (χ1n) is 6.09. The van der Waals surface area contributed by atoms with Crippen molar-refractivity contribution in [3.05, 3.63) is 11.7 Å². The Labute approximate surface area is 113 Å². The number of hydrogen-bond donors (Lipinski definition) is 1. The summed E-state index contributed by atoms with van der Waals surface area (Å²) in [6.45, 7) is 1.98. The molecule has 1 heterocycles. The Morgan fingerprint density at radius 2 is 2.05 bits per heavy atom. The van der Waals surface area contributed by atoms with E-state index < -0.39 is 31.6 Å². The topological polar surface area (TPSA) is 74.2 Å². The van der Waals surface area contributed by atoms with E-state index in [1.165, 1.54) is 0 Å². The summed E-state index contributed by atoms with van der Waals surface area (Å²) in [5, 5.41) is 3.49. The molecule has 5 nitrogen and oxygen atoms in total. The van der Waals surface area contributed by atoms with E-state index in [2.05, 4.69) is 14.9 Å². The average molecular weight is 299 g/mol. The van der Waals surface area contributed by atoms with E-state index in [4.69, 9.17) is 10.3 Å². The van der Waals surface area contributed by atoms with Crippen molar-refractivity contribution in [3.63, 3.8) is 0 Å². The first kappa shape index (κ1) is 16.8. The molecule has 2 atom stereocenters. The lowest BCUT2D eigenvalue weighted by Crippen LogP contribution is -2.32. The number of nitrogens with zero attached hydrogens (tertiary/aromatic N) is 2. The maximum absolute atomic E-state index is 12.6. The molecule has 0 fully saturated rings. The second-order valence-corrected chi connectivity index (χ2v) is 4.51. The summed E-state index contributed by atoms with van der Waals surface area (Å²) in [4.78, 5) is 3.88. The van der Waals surface area contributed by atoms with Crippen molar-refractivity contribution in [2.45, 2.75) is 45.3 Å². The molecule has 1 aromatic rings. The van der Waals surface area contributed by atoms with Gasteiger partial charge in [-0.25, -0.2) is 8.78 Å². The second kappa shape index (κ2) is 6.98. The van der Waals surface area contributed by atoms with E-state index in [0.717, 1.165) is 6.42 Å². The Kier molecular flexibility index (Phi) is 5.88. The number of halogens is 4. The number of nitrogens with two attached hydrogens (primary N) is 1. The highest BCUT2D eigenvalue weighted by Crippen LogP contribution is 2.23. The minimum Gasteiger partial charge on any atom is -0.367 e. The van der Waals surface area contributed by atoms with Crippen LogP contribution in [0.5, 0.6) is 0 Å². The van der Waals surface area contributed by atoms with Crippen molar-refractivity contribution in [1.82, 2.24) is 10.1 Å². The van der Waals surface area contributed by atoms with Gasteiger partial charge in [-0.1, -0.05) is 25.4 Å². The third-order valence-corrected chi connectivity index (χ3v) is 2.87. The van der Waals surface area contributed by atoms with Gasteiger partial charge in [-0.05, 0) is 5.92 Å². The van der Waals surface area contributed by atoms with Gasteiger partial charge in [0.05, 0.1) is 6.04 Å². The van der Waals surface area contributed by atoms with Gasteiger partial charge < -0.3 is 15.0 Å². The molecule has 2 unspecified atom stereocenters. The third kappa shape index (κ3) is 4.41. The summed E-state index contributed by atoms with van der Waals surface area (Å²) in [6.07, 6.45) is -2.97. The molecule has 0 aliphatic carbocycles. The Bertz CT molecular complexity index is 414. The molecule has 0 radical (unpaired) electrons. The summed E-state index contributed by atoms with van der Waals surface area (Å²) >= 11 is 0. The van der Waals surface area contributed by atoms with Gasteiger partial charge in [-0.3, -0.25) is 0 Å². The molecule has 20 heavy (non-hydrogen) atoms. The monoisotopic (exact) mass is 299 g/mol. The van der Waals surface area contributed by atoms with Gasteiger partial charge in [0, 0.05) is 0 Å². The normalized spacial score (nSPS) is 15.6. The average Bonchev–Trinajstić information content (AvgIpc) is 2.85. The first-order chi connectivity index (χ1) is 9.27. The predicted octanol–water partition coefficient (Wildman–Crippen LogP) is 2.53. The smallest absolute Gasteiger partial charge is 0.330 e. The zero-order chi connectivity index (χ0) is 15.3. The van der Waals surface area contributed by atoms with Crippen molar-refractivity contribution in [2.75, 3.05) is 6.61 Å². The quantitative estimate of drug-likeness (QED) is 0.747. The lowest BCUT2D eigenvalue weighted by atomic mass is 10.0. The maximum Gasteiger partial charge on any atom is 0.330 e. The van der Waals surface area contributed by atoms with Crippen LogP contribution in [0, 0.1) is 5.92 Å². The van der Waals surface area contributed by atoms with Crippen molar-refractivity contribution in [2.24, 2.45) is 11.7 Å². The summed E-state index contributed by atoms with van der Waals surface area (Å²) < 4.78 is 58.3. The molecule has 0 spiro atoms. The molecule has 116 valence electrons. The lowest BCUT2D eigenvalue weighted by molar-refractivity contribution is -0.168. The summed E-state index contributed by atoms with van der Waals surface area (Å²) in [5.74, 6) is -3.94. The molecular weight excluding hydrogens is 282 g/mol. The second-order valence-electron chi connectivity index (χ2n) is 4.51. The molecule has 0 saturated heterocycles. The van der Waals surface area contributed by atoms with Crippen LogP contribution in [0.3, 0.4) is 0 Å². The van der Waals surface area contributed by atoms with E-state index >= 15 is 0 Å². The largest absolute Gasteiger partial charge is 0.367 e. The summed E-state index contributed by atoms with van der Waals surface area (Å²) in [5.41, 5.74) is 5.84. The van der Waals surface area contributed by atoms with Crippen LogP contribution < -0.4 is 5.73 Å². The molecule has 0 amide bonds. The number of alkyl halides is 4. The molecule has 1 rings (SSSR count). The highest BCUT2D eigenvalue weighted by molar-refractivity contribution is 4.92. The standard InChI is InChI=1S/C11H17F4N3O2/c1-3-6(2)8(16)9-17-7(18-20-9)4-19-5-11(14,15)10(12)13/h6,8,10H,3-5,16H2,1-2H3. The highest BCUT2D eigenvalue weighted by atomic mass is 19.3. The maximum atomic E-state index is 12.6. The van der Waals surface area contributed by atoms with Crippen LogP contribution in [-0.4, -0.2) is 29.1 Å². The molecule has 0 aliphatic heterocycles. The van der Waals surface area contributed by atoms with Crippen LogP contribution in [0.4, 0.5) is 17.6 Å². The van der Waals surface area contributed by atoms with Crippen LogP contribution in [0.25, 0.3) is 0 Å².